The van der Waals surface area contributed by atoms with Crippen molar-refractivity contribution in [1.82, 2.24) is 0 Å². The van der Waals surface area contributed by atoms with Crippen LogP contribution in [0.15, 0.2) is 0 Å². The highest BCUT2D eigenvalue weighted by Crippen LogP contribution is 2.28. The summed E-state index contributed by atoms with van der Waals surface area (Å²) < 4.78 is 35.6. The van der Waals surface area contributed by atoms with Gasteiger partial charge in [0.15, 0.2) is 18.0 Å². The molecule has 7 atom stereocenters. The van der Waals surface area contributed by atoms with E-state index in [1.54, 1.807) is 0 Å². The Kier molecular flexibility index (Phi) is 7.45. The van der Waals surface area contributed by atoms with Gasteiger partial charge in [-0.05, 0) is 0 Å². The first-order chi connectivity index (χ1) is 10.1. The fourth-order valence-electron chi connectivity index (χ4n) is 2.28. The van der Waals surface area contributed by atoms with Crippen molar-refractivity contribution in [3.63, 3.8) is 0 Å². The van der Waals surface area contributed by atoms with E-state index in [-0.39, 0.29) is 11.5 Å². The van der Waals surface area contributed by atoms with Crippen LogP contribution in [0.2, 0.25) is 0 Å². The molecular formula is C10H21O10S2+. The fourth-order valence-corrected chi connectivity index (χ4v) is 5.76. The van der Waals surface area contributed by atoms with Crippen molar-refractivity contribution < 1.29 is 47.8 Å². The lowest BCUT2D eigenvalue weighted by Crippen LogP contribution is -2.46. The second kappa shape index (κ2) is 8.19. The van der Waals surface area contributed by atoms with Gasteiger partial charge in [0.05, 0.1) is 6.61 Å². The van der Waals surface area contributed by atoms with Gasteiger partial charge in [-0.1, -0.05) is 0 Å². The first kappa shape index (κ1) is 20.0. The average Bonchev–Trinajstić information content (AvgIpc) is 2.69. The largest absolute Gasteiger partial charge is 0.726 e. The molecule has 1 heterocycles. The van der Waals surface area contributed by atoms with Crippen LogP contribution in [0, 0.1) is 0 Å². The third kappa shape index (κ3) is 5.26. The maximum absolute atomic E-state index is 10.5. The molecule has 0 aromatic carbocycles. The van der Waals surface area contributed by atoms with Gasteiger partial charge in [0.2, 0.25) is 10.4 Å². The Morgan fingerprint density at radius 3 is 2.41 bits per heavy atom. The van der Waals surface area contributed by atoms with Crippen LogP contribution in [0.5, 0.6) is 0 Å². The minimum Gasteiger partial charge on any atom is -0.726 e. The molecule has 0 saturated carbocycles. The molecule has 0 aliphatic carbocycles. The van der Waals surface area contributed by atoms with Crippen LogP contribution in [-0.4, -0.2) is 104 Å². The molecule has 0 spiro atoms. The summed E-state index contributed by atoms with van der Waals surface area (Å²) in [5.41, 5.74) is 0. The van der Waals surface area contributed by atoms with Crippen molar-refractivity contribution >= 4 is 21.3 Å². The SMILES string of the molecule is O=S(=O)([O-])O[C@@H](CO)[C@H](O)C[S+]1C[C@H](O)[C@@H](O)[C@@H]1[C@H](O)C[OH2+]. The molecule has 1 unspecified atom stereocenters. The molecule has 1 saturated heterocycles. The second-order valence-electron chi connectivity index (χ2n) is 4.96. The molecule has 0 aromatic heterocycles. The third-order valence-corrected chi connectivity index (χ3v) is 6.71. The van der Waals surface area contributed by atoms with E-state index < -0.39 is 70.3 Å². The van der Waals surface area contributed by atoms with Crippen LogP contribution in [0.4, 0.5) is 0 Å². The number of aliphatic hydroxyl groups is 5. The molecule has 12 heteroatoms. The zero-order valence-corrected chi connectivity index (χ0v) is 13.1. The van der Waals surface area contributed by atoms with Gasteiger partial charge in [-0.25, -0.2) is 8.42 Å². The summed E-state index contributed by atoms with van der Waals surface area (Å²) in [5, 5.41) is 54.4. The van der Waals surface area contributed by atoms with Crippen molar-refractivity contribution in [2.75, 3.05) is 24.7 Å². The smallest absolute Gasteiger partial charge is 0.218 e. The van der Waals surface area contributed by atoms with Gasteiger partial charge >= 0.3 is 0 Å². The fraction of sp³-hybridized carbons (Fsp3) is 1.00. The van der Waals surface area contributed by atoms with Gasteiger partial charge in [0.25, 0.3) is 0 Å². The molecule has 0 amide bonds. The topological polar surface area (TPSA) is 190 Å². The molecule has 22 heavy (non-hydrogen) atoms. The highest BCUT2D eigenvalue weighted by molar-refractivity contribution is 7.97. The van der Waals surface area contributed by atoms with Gasteiger partial charge in [-0.15, -0.1) is 0 Å². The lowest BCUT2D eigenvalue weighted by atomic mass is 10.1. The predicted molar refractivity (Wildman–Crippen MR) is 75.1 cm³/mol. The molecule has 1 aliphatic heterocycles. The summed E-state index contributed by atoms with van der Waals surface area (Å²) in [6.45, 7) is -1.33. The summed E-state index contributed by atoms with van der Waals surface area (Å²) in [4.78, 5) is 0. The van der Waals surface area contributed by atoms with Gasteiger partial charge in [0, 0.05) is 10.9 Å². The molecule has 1 aliphatic rings. The van der Waals surface area contributed by atoms with Crippen molar-refractivity contribution in [3.05, 3.63) is 0 Å². The predicted octanol–water partition coefficient (Wildman–Crippen LogP) is -5.01. The Morgan fingerprint density at radius 2 is 1.95 bits per heavy atom. The average molecular weight is 365 g/mol. The van der Waals surface area contributed by atoms with Crippen molar-refractivity contribution in [1.29, 1.82) is 0 Å². The Hall–Kier alpha value is -0.0200. The quantitative estimate of drug-likeness (QED) is 0.159. The van der Waals surface area contributed by atoms with E-state index in [0.29, 0.717) is 0 Å². The zero-order valence-electron chi connectivity index (χ0n) is 11.5. The third-order valence-electron chi connectivity index (χ3n) is 3.32. The van der Waals surface area contributed by atoms with Crippen LogP contribution in [0.3, 0.4) is 0 Å². The monoisotopic (exact) mass is 365 g/mol. The Morgan fingerprint density at radius 1 is 1.36 bits per heavy atom. The van der Waals surface area contributed by atoms with Crippen LogP contribution < -0.4 is 0 Å². The molecular weight excluding hydrogens is 344 g/mol. The Balaban J connectivity index is 2.77. The number of hydrogen-bond acceptors (Lipinski definition) is 9. The molecule has 0 aromatic rings. The normalized spacial score (nSPS) is 33.6. The van der Waals surface area contributed by atoms with Crippen LogP contribution in [0.25, 0.3) is 0 Å². The van der Waals surface area contributed by atoms with Gasteiger partial charge in [-0.2, -0.15) is 0 Å². The van der Waals surface area contributed by atoms with Crippen LogP contribution >= 0.6 is 0 Å². The molecule has 0 bridgehead atoms. The van der Waals surface area contributed by atoms with Crippen LogP contribution in [-0.2, 0) is 25.5 Å². The highest BCUT2D eigenvalue weighted by Gasteiger charge is 2.54. The first-order valence-electron chi connectivity index (χ1n) is 6.38. The van der Waals surface area contributed by atoms with Crippen molar-refractivity contribution in [2.24, 2.45) is 0 Å². The molecule has 1 rings (SSSR count). The van der Waals surface area contributed by atoms with E-state index in [1.165, 1.54) is 0 Å². The zero-order chi connectivity index (χ0) is 17.1. The minimum absolute atomic E-state index is 0.0439. The summed E-state index contributed by atoms with van der Waals surface area (Å²) in [5.74, 6) is -0.154. The summed E-state index contributed by atoms with van der Waals surface area (Å²) in [6, 6.07) is 0. The van der Waals surface area contributed by atoms with E-state index >= 15 is 0 Å². The standard InChI is InChI=1S/C10H20O10S2/c11-1-5(13)10-9(16)7(15)4-21(10)3-6(14)8(2-12)20-22(17,18)19/h5-16H,1-4H2/p+1/t5-,6-,7+,8+,9-,10+,21?/m1/s1. The second-order valence-corrected chi connectivity index (χ2v) is 8.25. The van der Waals surface area contributed by atoms with Crippen molar-refractivity contribution in [3.8, 4) is 0 Å². The molecule has 0 radical (unpaired) electrons. The van der Waals surface area contributed by atoms with E-state index in [4.69, 9.17) is 10.2 Å². The highest BCUT2D eigenvalue weighted by atomic mass is 32.3. The first-order valence-corrected chi connectivity index (χ1v) is 9.34. The number of aliphatic hydroxyl groups excluding tert-OH is 5. The van der Waals surface area contributed by atoms with E-state index in [9.17, 15) is 33.4 Å². The molecule has 1 fully saturated rings. The summed E-state index contributed by atoms with van der Waals surface area (Å²) >= 11 is 0. The number of rotatable bonds is 8. The lowest BCUT2D eigenvalue weighted by molar-refractivity contribution is -0.000108. The van der Waals surface area contributed by atoms with Gasteiger partial charge < -0.3 is 35.2 Å². The Bertz CT molecular complexity index is 443. The van der Waals surface area contributed by atoms with Crippen molar-refractivity contribution in [2.45, 2.75) is 35.8 Å². The summed E-state index contributed by atoms with van der Waals surface area (Å²) in [7, 11) is -6.06. The molecule has 132 valence electrons. The van der Waals surface area contributed by atoms with E-state index in [0.717, 1.165) is 0 Å². The van der Waals surface area contributed by atoms with E-state index in [2.05, 4.69) is 4.18 Å². The maximum Gasteiger partial charge on any atom is 0.218 e. The molecule has 10 nitrogen and oxygen atoms in total. The van der Waals surface area contributed by atoms with E-state index in [1.807, 2.05) is 0 Å². The van der Waals surface area contributed by atoms with Gasteiger partial charge in [0.1, 0.15) is 35.9 Å². The lowest BCUT2D eigenvalue weighted by Gasteiger charge is -2.23. The van der Waals surface area contributed by atoms with Gasteiger partial charge in [-0.3, -0.25) is 4.18 Å². The Labute approximate surface area is 130 Å². The molecule has 7 N–H and O–H groups in total. The number of hydrogen-bond donors (Lipinski definition) is 5. The minimum atomic E-state index is -5.12. The van der Waals surface area contributed by atoms with Crippen LogP contribution in [0.1, 0.15) is 0 Å². The maximum atomic E-state index is 10.5. The summed E-state index contributed by atoms with van der Waals surface area (Å²) in [6.07, 6.45) is -6.85.